The molecule has 138 valence electrons. The number of hydrogen-bond donors (Lipinski definition) is 1. The minimum atomic E-state index is -2.97. The highest BCUT2D eigenvalue weighted by Gasteiger charge is 2.39. The SMILES string of the molecule is CNC1CCCN(CC(=O)N(C2CCCC2)C2CCS(=O)(=O)C2)C1. The van der Waals surface area contributed by atoms with E-state index in [0.717, 1.165) is 51.6 Å². The van der Waals surface area contributed by atoms with Crippen LogP contribution < -0.4 is 5.32 Å². The monoisotopic (exact) mass is 357 g/mol. The minimum absolute atomic E-state index is 0.101. The number of likely N-dealkylation sites (N-methyl/N-ethyl adjacent to an activating group) is 1. The molecule has 1 N–H and O–H groups in total. The molecule has 6 nitrogen and oxygen atoms in total. The second-order valence-electron chi connectivity index (χ2n) is 7.66. The first-order chi connectivity index (χ1) is 11.5. The normalized spacial score (nSPS) is 31.4. The lowest BCUT2D eigenvalue weighted by atomic mass is 10.1. The van der Waals surface area contributed by atoms with Gasteiger partial charge in [-0.1, -0.05) is 12.8 Å². The Morgan fingerprint density at radius 1 is 1.12 bits per heavy atom. The van der Waals surface area contributed by atoms with Crippen LogP contribution in [0.25, 0.3) is 0 Å². The molecule has 3 fully saturated rings. The Labute approximate surface area is 145 Å². The second-order valence-corrected chi connectivity index (χ2v) is 9.89. The average Bonchev–Trinajstić information content (AvgIpc) is 3.18. The molecule has 0 bridgehead atoms. The minimum Gasteiger partial charge on any atom is -0.335 e. The van der Waals surface area contributed by atoms with Crippen LogP contribution in [0, 0.1) is 0 Å². The number of nitrogens with one attached hydrogen (secondary N) is 1. The molecule has 0 spiro atoms. The van der Waals surface area contributed by atoms with Crippen LogP contribution in [-0.2, 0) is 14.6 Å². The zero-order valence-electron chi connectivity index (χ0n) is 14.7. The van der Waals surface area contributed by atoms with Crippen LogP contribution >= 0.6 is 0 Å². The van der Waals surface area contributed by atoms with Crippen molar-refractivity contribution in [2.24, 2.45) is 0 Å². The van der Waals surface area contributed by atoms with Gasteiger partial charge in [0, 0.05) is 24.7 Å². The van der Waals surface area contributed by atoms with Crippen molar-refractivity contribution in [2.45, 2.75) is 63.1 Å². The predicted molar refractivity (Wildman–Crippen MR) is 94.7 cm³/mol. The first kappa shape index (κ1) is 18.1. The summed E-state index contributed by atoms with van der Waals surface area (Å²) < 4.78 is 23.8. The van der Waals surface area contributed by atoms with Crippen LogP contribution in [0.2, 0.25) is 0 Å². The number of likely N-dealkylation sites (tertiary alicyclic amines) is 1. The summed E-state index contributed by atoms with van der Waals surface area (Å²) in [5, 5.41) is 3.31. The molecule has 2 heterocycles. The number of rotatable bonds is 5. The highest BCUT2D eigenvalue weighted by atomic mass is 32.2. The molecule has 0 aromatic heterocycles. The Morgan fingerprint density at radius 2 is 1.88 bits per heavy atom. The van der Waals surface area contributed by atoms with Gasteiger partial charge in [0.15, 0.2) is 9.84 Å². The summed E-state index contributed by atoms with van der Waals surface area (Å²) in [6, 6.07) is 0.606. The van der Waals surface area contributed by atoms with Gasteiger partial charge in [0.2, 0.25) is 5.91 Å². The van der Waals surface area contributed by atoms with Gasteiger partial charge in [-0.3, -0.25) is 9.69 Å². The van der Waals surface area contributed by atoms with Crippen LogP contribution in [0.3, 0.4) is 0 Å². The Morgan fingerprint density at radius 3 is 2.50 bits per heavy atom. The molecule has 0 aromatic carbocycles. The lowest BCUT2D eigenvalue weighted by Crippen LogP contribution is -2.53. The van der Waals surface area contributed by atoms with Crippen LogP contribution in [0.1, 0.15) is 44.9 Å². The number of sulfone groups is 1. The van der Waals surface area contributed by atoms with E-state index in [4.69, 9.17) is 0 Å². The topological polar surface area (TPSA) is 69.7 Å². The predicted octanol–water partition coefficient (Wildman–Crippen LogP) is 0.629. The van der Waals surface area contributed by atoms with Crippen molar-refractivity contribution in [2.75, 3.05) is 38.2 Å². The smallest absolute Gasteiger partial charge is 0.237 e. The van der Waals surface area contributed by atoms with Crippen molar-refractivity contribution < 1.29 is 13.2 Å². The number of amides is 1. The van der Waals surface area contributed by atoms with E-state index in [2.05, 4.69) is 10.2 Å². The fourth-order valence-electron chi connectivity index (χ4n) is 4.59. The van der Waals surface area contributed by atoms with Gasteiger partial charge in [-0.2, -0.15) is 0 Å². The van der Waals surface area contributed by atoms with E-state index in [1.54, 1.807) is 0 Å². The molecule has 24 heavy (non-hydrogen) atoms. The highest BCUT2D eigenvalue weighted by molar-refractivity contribution is 7.91. The Hall–Kier alpha value is -0.660. The van der Waals surface area contributed by atoms with Crippen molar-refractivity contribution in [3.63, 3.8) is 0 Å². The molecule has 2 atom stereocenters. The van der Waals surface area contributed by atoms with E-state index in [-0.39, 0.29) is 29.5 Å². The third-order valence-electron chi connectivity index (χ3n) is 5.88. The summed E-state index contributed by atoms with van der Waals surface area (Å²) in [5.74, 6) is 0.537. The summed E-state index contributed by atoms with van der Waals surface area (Å²) in [4.78, 5) is 17.3. The maximum atomic E-state index is 13.1. The molecule has 3 rings (SSSR count). The summed E-state index contributed by atoms with van der Waals surface area (Å²) in [6.45, 7) is 2.31. The fraction of sp³-hybridized carbons (Fsp3) is 0.941. The van der Waals surface area contributed by atoms with Crippen molar-refractivity contribution in [1.29, 1.82) is 0 Å². The van der Waals surface area contributed by atoms with Crippen LogP contribution in [0.4, 0.5) is 0 Å². The van der Waals surface area contributed by atoms with Gasteiger partial charge in [0.1, 0.15) is 0 Å². The Kier molecular flexibility index (Phi) is 5.82. The molecule has 2 aliphatic heterocycles. The fourth-order valence-corrected chi connectivity index (χ4v) is 6.30. The second kappa shape index (κ2) is 7.70. The molecular formula is C17H31N3O3S. The van der Waals surface area contributed by atoms with E-state index in [9.17, 15) is 13.2 Å². The molecule has 2 saturated heterocycles. The number of carbonyl (C=O) groups excluding carboxylic acids is 1. The first-order valence-electron chi connectivity index (χ1n) is 9.40. The molecule has 1 saturated carbocycles. The summed E-state index contributed by atoms with van der Waals surface area (Å²) in [7, 11) is -0.990. The van der Waals surface area contributed by atoms with Crippen LogP contribution in [-0.4, -0.2) is 80.4 Å². The molecular weight excluding hydrogens is 326 g/mol. The molecule has 0 aromatic rings. The van der Waals surface area contributed by atoms with Crippen molar-refractivity contribution >= 4 is 15.7 Å². The van der Waals surface area contributed by atoms with Gasteiger partial charge in [0.05, 0.1) is 18.1 Å². The first-order valence-corrected chi connectivity index (χ1v) is 11.2. The largest absolute Gasteiger partial charge is 0.335 e. The van der Waals surface area contributed by atoms with Crippen molar-refractivity contribution in [3.8, 4) is 0 Å². The van der Waals surface area contributed by atoms with Gasteiger partial charge < -0.3 is 10.2 Å². The Bertz CT molecular complexity index is 545. The third-order valence-corrected chi connectivity index (χ3v) is 7.63. The lowest BCUT2D eigenvalue weighted by molar-refractivity contribution is -0.137. The van der Waals surface area contributed by atoms with Gasteiger partial charge in [-0.15, -0.1) is 0 Å². The molecule has 7 heteroatoms. The average molecular weight is 358 g/mol. The standard InChI is InChI=1S/C17H31N3O3S/c1-18-14-5-4-9-19(11-14)12-17(21)20(15-6-2-3-7-15)16-8-10-24(22,23)13-16/h14-16,18H,2-13H2,1H3. The lowest BCUT2D eigenvalue weighted by Gasteiger charge is -2.38. The zero-order chi connectivity index (χ0) is 17.2. The molecule has 1 amide bonds. The van der Waals surface area contributed by atoms with E-state index >= 15 is 0 Å². The molecule has 3 aliphatic rings. The maximum absolute atomic E-state index is 13.1. The van der Waals surface area contributed by atoms with Crippen LogP contribution in [0.5, 0.6) is 0 Å². The summed E-state index contributed by atoms with van der Waals surface area (Å²) in [5.41, 5.74) is 0. The van der Waals surface area contributed by atoms with E-state index in [1.807, 2.05) is 11.9 Å². The number of hydrogen-bond acceptors (Lipinski definition) is 5. The van der Waals surface area contributed by atoms with Gasteiger partial charge >= 0.3 is 0 Å². The highest BCUT2D eigenvalue weighted by Crippen LogP contribution is 2.29. The maximum Gasteiger partial charge on any atom is 0.237 e. The Balaban J connectivity index is 1.67. The van der Waals surface area contributed by atoms with E-state index in [0.29, 0.717) is 19.0 Å². The van der Waals surface area contributed by atoms with Gasteiger partial charge in [0.25, 0.3) is 0 Å². The summed E-state index contributed by atoms with van der Waals surface area (Å²) >= 11 is 0. The zero-order valence-corrected chi connectivity index (χ0v) is 15.6. The number of nitrogens with zero attached hydrogens (tertiary/aromatic N) is 2. The third kappa shape index (κ3) is 4.29. The molecule has 0 radical (unpaired) electrons. The summed E-state index contributed by atoms with van der Waals surface area (Å²) in [6.07, 6.45) is 7.25. The number of piperidine rings is 1. The van der Waals surface area contributed by atoms with E-state index < -0.39 is 9.84 Å². The van der Waals surface area contributed by atoms with Crippen molar-refractivity contribution in [1.82, 2.24) is 15.1 Å². The quantitative estimate of drug-likeness (QED) is 0.781. The molecule has 2 unspecified atom stereocenters. The van der Waals surface area contributed by atoms with Crippen LogP contribution in [0.15, 0.2) is 0 Å². The van der Waals surface area contributed by atoms with Crippen molar-refractivity contribution in [3.05, 3.63) is 0 Å². The van der Waals surface area contributed by atoms with Gasteiger partial charge in [-0.05, 0) is 45.7 Å². The van der Waals surface area contributed by atoms with E-state index in [1.165, 1.54) is 0 Å². The van der Waals surface area contributed by atoms with Gasteiger partial charge in [-0.25, -0.2) is 8.42 Å². The molecule has 1 aliphatic carbocycles. The number of carbonyl (C=O) groups is 1.